The number of esters is 1. The molecule has 23 heavy (non-hydrogen) atoms. The lowest BCUT2D eigenvalue weighted by Crippen LogP contribution is -2.26. The van der Waals surface area contributed by atoms with Crippen molar-refractivity contribution in [2.45, 2.75) is 25.3 Å². The normalized spacial score (nSPS) is 15.2. The molecular weight excluding hydrogens is 325 g/mol. The van der Waals surface area contributed by atoms with Crippen LogP contribution < -0.4 is 5.43 Å². The number of hydrogen-bond acceptors (Lipinski definition) is 5. The van der Waals surface area contributed by atoms with Gasteiger partial charge in [0, 0.05) is 6.20 Å². The van der Waals surface area contributed by atoms with Gasteiger partial charge < -0.3 is 9.30 Å². The number of rotatable bonds is 3. The zero-order valence-corrected chi connectivity index (χ0v) is 12.9. The van der Waals surface area contributed by atoms with E-state index in [1.54, 1.807) is 6.92 Å². The van der Waals surface area contributed by atoms with Gasteiger partial charge in [0.15, 0.2) is 11.0 Å². The van der Waals surface area contributed by atoms with Crippen molar-refractivity contribution >= 4 is 28.6 Å². The van der Waals surface area contributed by atoms with Crippen LogP contribution in [-0.2, 0) is 10.3 Å². The summed E-state index contributed by atoms with van der Waals surface area (Å²) < 4.78 is 20.0. The largest absolute Gasteiger partial charge is 0.462 e. The van der Waals surface area contributed by atoms with Gasteiger partial charge in [-0.1, -0.05) is 11.6 Å². The van der Waals surface area contributed by atoms with Crippen LogP contribution in [0.3, 0.4) is 0 Å². The van der Waals surface area contributed by atoms with Crippen LogP contribution in [-0.4, -0.2) is 22.1 Å². The third kappa shape index (κ3) is 2.35. The number of carbonyl (C=O) groups excluding carboxylic acids is 1. The summed E-state index contributed by atoms with van der Waals surface area (Å²) in [6, 6.07) is 3.07. The molecule has 6 nitrogen and oxygen atoms in total. The molecule has 0 aliphatic heterocycles. The molecule has 2 aromatic rings. The molecule has 8 heteroatoms. The summed E-state index contributed by atoms with van der Waals surface area (Å²) in [5.41, 5.74) is -1.79. The molecule has 1 saturated carbocycles. The van der Waals surface area contributed by atoms with E-state index in [2.05, 4.69) is 11.1 Å². The van der Waals surface area contributed by atoms with E-state index in [0.29, 0.717) is 12.8 Å². The van der Waals surface area contributed by atoms with Crippen LogP contribution in [0.15, 0.2) is 17.1 Å². The first-order chi connectivity index (χ1) is 10.9. The van der Waals surface area contributed by atoms with Gasteiger partial charge in [0.25, 0.3) is 0 Å². The molecule has 0 N–H and O–H groups in total. The van der Waals surface area contributed by atoms with Crippen LogP contribution in [0, 0.1) is 17.1 Å². The molecule has 1 fully saturated rings. The Hall–Kier alpha value is -2.46. The van der Waals surface area contributed by atoms with Crippen molar-refractivity contribution in [1.82, 2.24) is 9.55 Å². The van der Waals surface area contributed by atoms with Crippen LogP contribution in [0.1, 0.15) is 30.1 Å². The molecule has 0 bridgehead atoms. The number of ether oxygens (including phenoxy) is 1. The summed E-state index contributed by atoms with van der Waals surface area (Å²) in [4.78, 5) is 28.3. The standard InChI is InChI=1S/C15H11ClFN3O3/c1-2-23-14(22)9-6-20(15(7-18)3-4-15)13-8(11(9)21)5-10(17)12(16)19-13/h5-6H,2-4H2,1H3. The van der Waals surface area contributed by atoms with Crippen LogP contribution >= 0.6 is 11.6 Å². The van der Waals surface area contributed by atoms with Gasteiger partial charge in [0.2, 0.25) is 5.43 Å². The number of hydrogen-bond donors (Lipinski definition) is 0. The highest BCUT2D eigenvalue weighted by atomic mass is 35.5. The van der Waals surface area contributed by atoms with Gasteiger partial charge in [-0.05, 0) is 25.8 Å². The Morgan fingerprint density at radius 2 is 2.30 bits per heavy atom. The summed E-state index contributed by atoms with van der Waals surface area (Å²) in [7, 11) is 0. The van der Waals surface area contributed by atoms with Gasteiger partial charge >= 0.3 is 5.97 Å². The summed E-state index contributed by atoms with van der Waals surface area (Å²) in [6.45, 7) is 1.70. The van der Waals surface area contributed by atoms with Crippen molar-refractivity contribution in [2.24, 2.45) is 0 Å². The predicted octanol–water partition coefficient (Wildman–Crippen LogP) is 2.38. The average molecular weight is 336 g/mol. The van der Waals surface area contributed by atoms with Gasteiger partial charge in [0.05, 0.1) is 18.1 Å². The van der Waals surface area contributed by atoms with Crippen molar-refractivity contribution in [1.29, 1.82) is 5.26 Å². The fourth-order valence-electron chi connectivity index (χ4n) is 2.41. The van der Waals surface area contributed by atoms with Crippen LogP contribution in [0.5, 0.6) is 0 Å². The molecule has 0 amide bonds. The zero-order chi connectivity index (χ0) is 16.8. The zero-order valence-electron chi connectivity index (χ0n) is 12.1. The number of nitrogens with zero attached hydrogens (tertiary/aromatic N) is 3. The molecule has 1 aliphatic rings. The smallest absolute Gasteiger partial charge is 0.343 e. The highest BCUT2D eigenvalue weighted by molar-refractivity contribution is 6.29. The molecule has 0 radical (unpaired) electrons. The number of aromatic nitrogens is 2. The minimum atomic E-state index is -0.901. The van der Waals surface area contributed by atoms with Gasteiger partial charge in [-0.2, -0.15) is 5.26 Å². The number of halogens is 2. The summed E-state index contributed by atoms with van der Waals surface area (Å²) in [6.07, 6.45) is 2.33. The van der Waals surface area contributed by atoms with Gasteiger partial charge in [-0.15, -0.1) is 0 Å². The molecule has 3 rings (SSSR count). The highest BCUT2D eigenvalue weighted by Crippen LogP contribution is 2.44. The first-order valence-electron chi connectivity index (χ1n) is 6.94. The second-order valence-electron chi connectivity index (χ2n) is 5.24. The first-order valence-corrected chi connectivity index (χ1v) is 7.31. The molecule has 118 valence electrons. The highest BCUT2D eigenvalue weighted by Gasteiger charge is 2.46. The molecule has 0 unspecified atom stereocenters. The fourth-order valence-corrected chi connectivity index (χ4v) is 2.54. The maximum Gasteiger partial charge on any atom is 0.343 e. The van der Waals surface area contributed by atoms with E-state index in [4.69, 9.17) is 16.3 Å². The monoisotopic (exact) mass is 335 g/mol. The summed E-state index contributed by atoms with van der Waals surface area (Å²) in [5.74, 6) is -1.69. The van der Waals surface area contributed by atoms with Crippen molar-refractivity contribution < 1.29 is 13.9 Å². The van der Waals surface area contributed by atoms with Gasteiger partial charge in [-0.3, -0.25) is 4.79 Å². The van der Waals surface area contributed by atoms with E-state index in [9.17, 15) is 19.2 Å². The molecule has 0 spiro atoms. The Bertz CT molecular complexity index is 928. The lowest BCUT2D eigenvalue weighted by atomic mass is 10.1. The van der Waals surface area contributed by atoms with E-state index in [-0.39, 0.29) is 23.2 Å². The Balaban J connectivity index is 2.39. The van der Waals surface area contributed by atoms with Crippen LogP contribution in [0.2, 0.25) is 5.15 Å². The molecule has 2 aromatic heterocycles. The Labute approximate surface area is 135 Å². The Kier molecular flexibility index (Phi) is 3.57. The van der Waals surface area contributed by atoms with E-state index < -0.39 is 27.9 Å². The second-order valence-corrected chi connectivity index (χ2v) is 5.60. The van der Waals surface area contributed by atoms with Crippen molar-refractivity contribution in [3.05, 3.63) is 39.0 Å². The Morgan fingerprint density at radius 3 is 2.87 bits per heavy atom. The maximum absolute atomic E-state index is 13.7. The fraction of sp³-hybridized carbons (Fsp3) is 0.333. The molecule has 2 heterocycles. The molecule has 0 aromatic carbocycles. The molecule has 0 atom stereocenters. The Morgan fingerprint density at radius 1 is 1.61 bits per heavy atom. The van der Waals surface area contributed by atoms with E-state index in [1.807, 2.05) is 0 Å². The first kappa shape index (κ1) is 15.4. The molecule has 0 saturated heterocycles. The maximum atomic E-state index is 13.7. The van der Waals surface area contributed by atoms with Gasteiger partial charge in [0.1, 0.15) is 16.7 Å². The van der Waals surface area contributed by atoms with Crippen molar-refractivity contribution in [2.75, 3.05) is 6.61 Å². The number of nitriles is 1. The van der Waals surface area contributed by atoms with E-state index in [1.165, 1.54) is 10.8 Å². The average Bonchev–Trinajstić information content (AvgIpc) is 3.31. The van der Waals surface area contributed by atoms with E-state index in [0.717, 1.165) is 6.07 Å². The van der Waals surface area contributed by atoms with Crippen LogP contribution in [0.25, 0.3) is 11.0 Å². The third-order valence-corrected chi connectivity index (χ3v) is 4.04. The topological polar surface area (TPSA) is 85.0 Å². The van der Waals surface area contributed by atoms with Crippen molar-refractivity contribution in [3.63, 3.8) is 0 Å². The quantitative estimate of drug-likeness (QED) is 0.635. The minimum absolute atomic E-state index is 0.0773. The summed E-state index contributed by atoms with van der Waals surface area (Å²) >= 11 is 5.70. The van der Waals surface area contributed by atoms with Crippen molar-refractivity contribution in [3.8, 4) is 6.07 Å². The SMILES string of the molecule is CCOC(=O)c1cn(C2(C#N)CC2)c2nc(Cl)c(F)cc2c1=O. The van der Waals surface area contributed by atoms with Crippen LogP contribution in [0.4, 0.5) is 4.39 Å². The third-order valence-electron chi connectivity index (χ3n) is 3.78. The minimum Gasteiger partial charge on any atom is -0.462 e. The molecule has 1 aliphatic carbocycles. The van der Waals surface area contributed by atoms with Gasteiger partial charge in [-0.25, -0.2) is 14.2 Å². The predicted molar refractivity (Wildman–Crippen MR) is 79.7 cm³/mol. The number of fused-ring (bicyclic) bond motifs is 1. The lowest BCUT2D eigenvalue weighted by Gasteiger charge is -2.16. The number of pyridine rings is 2. The molecular formula is C15H11ClFN3O3. The summed E-state index contributed by atoms with van der Waals surface area (Å²) in [5, 5.41) is 8.88. The van der Waals surface area contributed by atoms with E-state index >= 15 is 0 Å². The lowest BCUT2D eigenvalue weighted by molar-refractivity contribution is 0.0524. The second kappa shape index (κ2) is 5.32. The number of carbonyl (C=O) groups is 1.